The lowest BCUT2D eigenvalue weighted by atomic mass is 9.79. The van der Waals surface area contributed by atoms with E-state index < -0.39 is 5.60 Å². The molecule has 6 heteroatoms. The number of hydrogen-bond donors (Lipinski definition) is 1. The fourth-order valence-electron chi connectivity index (χ4n) is 5.48. The van der Waals surface area contributed by atoms with Crippen molar-refractivity contribution in [2.24, 2.45) is 0 Å². The standard InChI is InChI=1S/C32H43FN2O3/c1-22(2)35(21-23-13-14-32(3,31(33)17-23)38-16-15-34(4)5)30-20-28(37-6)11-12-29(30)26-8-7-25-19-27(36)10-9-24(25)18-26/h9-13,17,19-20,22,26,36H,7-8,14-16,18,21H2,1-6H3/t26-,32?/m1/s1. The van der Waals surface area contributed by atoms with Gasteiger partial charge in [-0.1, -0.05) is 18.2 Å². The molecule has 2 atom stereocenters. The summed E-state index contributed by atoms with van der Waals surface area (Å²) in [6.45, 7) is 8.05. The van der Waals surface area contributed by atoms with Crippen LogP contribution in [-0.4, -0.2) is 62.6 Å². The third-order valence-corrected chi connectivity index (χ3v) is 7.91. The Hall–Kier alpha value is -2.83. The molecule has 38 heavy (non-hydrogen) atoms. The van der Waals surface area contributed by atoms with Crippen molar-refractivity contribution in [3.63, 3.8) is 0 Å². The molecule has 2 aromatic carbocycles. The van der Waals surface area contributed by atoms with Gasteiger partial charge in [-0.25, -0.2) is 4.39 Å². The lowest BCUT2D eigenvalue weighted by Crippen LogP contribution is -2.37. The maximum Gasteiger partial charge on any atom is 0.132 e. The molecule has 0 spiro atoms. The number of ether oxygens (including phenoxy) is 2. The van der Waals surface area contributed by atoms with Crippen molar-refractivity contribution in [3.8, 4) is 11.5 Å². The number of hydrogen-bond acceptors (Lipinski definition) is 5. The van der Waals surface area contributed by atoms with Crippen molar-refractivity contribution < 1.29 is 19.0 Å². The number of benzene rings is 2. The Bertz CT molecular complexity index is 1190. The van der Waals surface area contributed by atoms with Crippen molar-refractivity contribution in [1.29, 1.82) is 0 Å². The molecule has 1 unspecified atom stereocenters. The fourth-order valence-corrected chi connectivity index (χ4v) is 5.48. The van der Waals surface area contributed by atoms with Crippen LogP contribution in [0.2, 0.25) is 0 Å². The summed E-state index contributed by atoms with van der Waals surface area (Å²) in [6.07, 6.45) is 7.19. The van der Waals surface area contributed by atoms with E-state index in [1.54, 1.807) is 19.3 Å². The molecule has 0 saturated carbocycles. The van der Waals surface area contributed by atoms with E-state index in [2.05, 4.69) is 43.0 Å². The van der Waals surface area contributed by atoms with Gasteiger partial charge in [0.25, 0.3) is 0 Å². The van der Waals surface area contributed by atoms with Crippen LogP contribution in [0.3, 0.4) is 0 Å². The SMILES string of the molecule is COc1ccc([C@@H]2CCc3cc(O)ccc3C2)c(N(CC2=CCC(C)(OCCN(C)C)C(F)=C2)C(C)C)c1. The summed E-state index contributed by atoms with van der Waals surface area (Å²) in [7, 11) is 5.67. The molecule has 0 radical (unpaired) electrons. The molecule has 0 aromatic heterocycles. The van der Waals surface area contributed by atoms with Crippen molar-refractivity contribution in [2.75, 3.05) is 45.8 Å². The van der Waals surface area contributed by atoms with Gasteiger partial charge in [0.05, 0.1) is 13.7 Å². The third kappa shape index (κ3) is 6.41. The minimum Gasteiger partial charge on any atom is -0.508 e. The fraction of sp³-hybridized carbons (Fsp3) is 0.500. The summed E-state index contributed by atoms with van der Waals surface area (Å²) >= 11 is 0. The van der Waals surface area contributed by atoms with Crippen LogP contribution in [-0.2, 0) is 17.6 Å². The van der Waals surface area contributed by atoms with E-state index in [1.165, 1.54) is 16.7 Å². The Balaban J connectivity index is 1.58. The average Bonchev–Trinajstić information content (AvgIpc) is 2.88. The lowest BCUT2D eigenvalue weighted by Gasteiger charge is -2.36. The molecule has 5 nitrogen and oxygen atoms in total. The van der Waals surface area contributed by atoms with Gasteiger partial charge in [-0.15, -0.1) is 0 Å². The Morgan fingerprint density at radius 2 is 1.92 bits per heavy atom. The average molecular weight is 523 g/mol. The highest BCUT2D eigenvalue weighted by Gasteiger charge is 2.33. The Kier molecular flexibility index (Phi) is 8.84. The van der Waals surface area contributed by atoms with Gasteiger partial charge in [0.1, 0.15) is 22.9 Å². The van der Waals surface area contributed by atoms with Crippen LogP contribution in [0.5, 0.6) is 11.5 Å². The van der Waals surface area contributed by atoms with Gasteiger partial charge in [-0.3, -0.25) is 0 Å². The second kappa shape index (κ2) is 11.9. The van der Waals surface area contributed by atoms with Crippen molar-refractivity contribution in [3.05, 3.63) is 76.6 Å². The van der Waals surface area contributed by atoms with Gasteiger partial charge >= 0.3 is 0 Å². The van der Waals surface area contributed by atoms with E-state index in [-0.39, 0.29) is 11.9 Å². The van der Waals surface area contributed by atoms with Crippen LogP contribution in [0.4, 0.5) is 10.1 Å². The summed E-state index contributed by atoms with van der Waals surface area (Å²) in [5, 5.41) is 9.91. The predicted molar refractivity (Wildman–Crippen MR) is 153 cm³/mol. The number of rotatable bonds is 10. The van der Waals surface area contributed by atoms with Crippen LogP contribution in [0.1, 0.15) is 56.2 Å². The molecule has 0 aliphatic heterocycles. The Morgan fingerprint density at radius 3 is 2.61 bits per heavy atom. The minimum atomic E-state index is -0.910. The first kappa shape index (κ1) is 28.2. The first-order valence-electron chi connectivity index (χ1n) is 13.7. The van der Waals surface area contributed by atoms with Gasteiger partial charge in [0.2, 0.25) is 0 Å². The molecule has 4 rings (SSSR count). The van der Waals surface area contributed by atoms with E-state index in [0.717, 1.165) is 42.8 Å². The first-order chi connectivity index (χ1) is 18.1. The zero-order valence-electron chi connectivity index (χ0n) is 23.8. The second-order valence-electron chi connectivity index (χ2n) is 11.4. The smallest absolute Gasteiger partial charge is 0.132 e. The topological polar surface area (TPSA) is 45.2 Å². The van der Waals surface area contributed by atoms with Crippen LogP contribution < -0.4 is 9.64 Å². The summed E-state index contributed by atoms with van der Waals surface area (Å²) in [6, 6.07) is 12.3. The van der Waals surface area contributed by atoms with Gasteiger partial charge < -0.3 is 24.4 Å². The summed E-state index contributed by atoms with van der Waals surface area (Å²) in [5.74, 6) is 1.29. The third-order valence-electron chi connectivity index (χ3n) is 7.91. The normalized spacial score (nSPS) is 21.2. The van der Waals surface area contributed by atoms with Crippen molar-refractivity contribution in [2.45, 2.75) is 64.0 Å². The number of aromatic hydroxyl groups is 1. The highest BCUT2D eigenvalue weighted by atomic mass is 19.1. The maximum absolute atomic E-state index is 15.3. The molecule has 206 valence electrons. The van der Waals surface area contributed by atoms with E-state index in [9.17, 15) is 5.11 Å². The zero-order valence-corrected chi connectivity index (χ0v) is 23.8. The summed E-state index contributed by atoms with van der Waals surface area (Å²) in [5.41, 5.74) is 5.01. The molecule has 0 heterocycles. The number of halogens is 1. The number of anilines is 1. The molecular weight excluding hydrogens is 479 g/mol. The number of methoxy groups -OCH3 is 1. The molecule has 2 aliphatic carbocycles. The van der Waals surface area contributed by atoms with E-state index in [1.807, 2.05) is 38.1 Å². The quantitative estimate of drug-likeness (QED) is 0.391. The minimum absolute atomic E-state index is 0.204. The van der Waals surface area contributed by atoms with E-state index in [4.69, 9.17) is 9.47 Å². The van der Waals surface area contributed by atoms with Crippen LogP contribution in [0.25, 0.3) is 0 Å². The number of fused-ring (bicyclic) bond motifs is 1. The number of aryl methyl sites for hydroxylation is 1. The number of likely N-dealkylation sites (N-methyl/N-ethyl adjacent to an activating group) is 1. The molecule has 0 fully saturated rings. The monoisotopic (exact) mass is 522 g/mol. The van der Waals surface area contributed by atoms with Gasteiger partial charge in [-0.2, -0.15) is 0 Å². The number of nitrogens with zero attached hydrogens (tertiary/aromatic N) is 2. The van der Waals surface area contributed by atoms with Gasteiger partial charge in [-0.05, 0) is 107 Å². The molecule has 0 amide bonds. The molecule has 0 bridgehead atoms. The second-order valence-corrected chi connectivity index (χ2v) is 11.4. The zero-order chi connectivity index (χ0) is 27.4. The van der Waals surface area contributed by atoms with Crippen molar-refractivity contribution >= 4 is 5.69 Å². The first-order valence-corrected chi connectivity index (χ1v) is 13.7. The number of phenols is 1. The maximum atomic E-state index is 15.3. The number of phenolic OH excluding ortho intramolecular Hbond substituents is 1. The highest BCUT2D eigenvalue weighted by Crippen LogP contribution is 2.41. The van der Waals surface area contributed by atoms with Crippen LogP contribution >= 0.6 is 0 Å². The lowest BCUT2D eigenvalue weighted by molar-refractivity contribution is -0.0228. The van der Waals surface area contributed by atoms with Gasteiger partial charge in [0, 0.05) is 37.3 Å². The Morgan fingerprint density at radius 1 is 1.13 bits per heavy atom. The Labute approximate surface area is 227 Å². The summed E-state index contributed by atoms with van der Waals surface area (Å²) in [4.78, 5) is 4.39. The molecular formula is C32H43FN2O3. The largest absolute Gasteiger partial charge is 0.508 e. The van der Waals surface area contributed by atoms with Gasteiger partial charge in [0.15, 0.2) is 0 Å². The van der Waals surface area contributed by atoms with Crippen molar-refractivity contribution in [1.82, 2.24) is 4.90 Å². The highest BCUT2D eigenvalue weighted by molar-refractivity contribution is 5.61. The molecule has 0 saturated heterocycles. The van der Waals surface area contributed by atoms with E-state index in [0.29, 0.717) is 31.2 Å². The van der Waals surface area contributed by atoms with Crippen LogP contribution in [0, 0.1) is 0 Å². The molecule has 2 aliphatic rings. The van der Waals surface area contributed by atoms with E-state index >= 15 is 4.39 Å². The summed E-state index contributed by atoms with van der Waals surface area (Å²) < 4.78 is 26.9. The predicted octanol–water partition coefficient (Wildman–Crippen LogP) is 6.41. The van der Waals surface area contributed by atoms with Crippen LogP contribution in [0.15, 0.2) is 60.0 Å². The molecule has 2 aromatic rings. The molecule has 1 N–H and O–H groups in total.